The molecule has 0 spiro atoms. The Bertz CT molecular complexity index is 476. The summed E-state index contributed by atoms with van der Waals surface area (Å²) in [6.07, 6.45) is 1.58. The average Bonchev–Trinajstić information content (AvgIpc) is 2.42. The summed E-state index contributed by atoms with van der Waals surface area (Å²) >= 11 is 2.93. The van der Waals surface area contributed by atoms with Crippen LogP contribution in [0.2, 0.25) is 0 Å². The maximum Gasteiger partial charge on any atom is 0.194 e. The maximum atomic E-state index is 13.7. The minimum atomic E-state index is -0.876. The Morgan fingerprint density at radius 2 is 2.05 bits per heavy atom. The van der Waals surface area contributed by atoms with E-state index in [0.29, 0.717) is 0 Å². The molecule has 0 amide bonds. The van der Waals surface area contributed by atoms with E-state index in [2.05, 4.69) is 21.2 Å². The number of halogens is 3. The van der Waals surface area contributed by atoms with E-state index < -0.39 is 23.0 Å². The smallest absolute Gasteiger partial charge is 0.194 e. The van der Waals surface area contributed by atoms with Crippen molar-refractivity contribution in [3.05, 3.63) is 33.8 Å². The number of rotatable bonds is 4. The third-order valence-electron chi connectivity index (χ3n) is 3.06. The van der Waals surface area contributed by atoms with Crippen LogP contribution in [0, 0.1) is 11.6 Å². The summed E-state index contributed by atoms with van der Waals surface area (Å²) in [4.78, 5) is 11.8. The van der Waals surface area contributed by atoms with Gasteiger partial charge in [0.05, 0.1) is 16.1 Å². The van der Waals surface area contributed by atoms with Crippen molar-refractivity contribution >= 4 is 21.7 Å². The highest BCUT2D eigenvalue weighted by Crippen LogP contribution is 2.22. The Morgan fingerprint density at radius 3 is 2.74 bits per heavy atom. The van der Waals surface area contributed by atoms with Crippen LogP contribution in [-0.2, 0) is 4.74 Å². The van der Waals surface area contributed by atoms with Gasteiger partial charge in [0, 0.05) is 0 Å². The molecule has 0 atom stereocenters. The van der Waals surface area contributed by atoms with Crippen molar-refractivity contribution < 1.29 is 18.3 Å². The number of Topliss-reactive ketones (excluding diaryl/α,β-unsaturated/α-hetero) is 1. The molecular weight excluding hydrogens is 320 g/mol. The summed E-state index contributed by atoms with van der Waals surface area (Å²) in [5.74, 6) is -2.41. The van der Waals surface area contributed by atoms with Gasteiger partial charge in [0.2, 0.25) is 0 Å². The second kappa shape index (κ2) is 6.54. The van der Waals surface area contributed by atoms with Crippen LogP contribution in [-0.4, -0.2) is 31.6 Å². The minimum Gasteiger partial charge on any atom is -0.370 e. The third-order valence-corrected chi connectivity index (χ3v) is 3.67. The van der Waals surface area contributed by atoms with E-state index in [0.717, 1.165) is 32.0 Å². The average molecular weight is 334 g/mol. The predicted octanol–water partition coefficient (Wildman–Crippen LogP) is 2.68. The van der Waals surface area contributed by atoms with Crippen LogP contribution in [0.4, 0.5) is 8.78 Å². The van der Waals surface area contributed by atoms with Gasteiger partial charge in [0.1, 0.15) is 12.4 Å². The fraction of sp³-hybridized carbons (Fsp3) is 0.462. The standard InChI is InChI=1S/C13H14BrF2NO2/c14-9-1-2-10(15)12(13(9)16)11(18)7-19-8-3-5-17-6-4-8/h1-2,8,17H,3-7H2. The number of carbonyl (C=O) groups is 1. The number of ether oxygens (including phenoxy) is 1. The molecular formula is C13H14BrF2NO2. The van der Waals surface area contributed by atoms with Crippen LogP contribution in [0.1, 0.15) is 23.2 Å². The first-order valence-electron chi connectivity index (χ1n) is 6.08. The number of piperidine rings is 1. The maximum absolute atomic E-state index is 13.7. The summed E-state index contributed by atoms with van der Waals surface area (Å²) in [6.45, 7) is 1.37. The predicted molar refractivity (Wildman–Crippen MR) is 70.2 cm³/mol. The summed E-state index contributed by atoms with van der Waals surface area (Å²) in [5, 5.41) is 3.17. The van der Waals surface area contributed by atoms with Gasteiger partial charge in [-0.15, -0.1) is 0 Å². The number of benzene rings is 1. The Labute approximate surface area is 118 Å². The van der Waals surface area contributed by atoms with E-state index >= 15 is 0 Å². The molecule has 1 aliphatic rings. The molecule has 0 saturated carbocycles. The van der Waals surface area contributed by atoms with Crippen LogP contribution in [0.5, 0.6) is 0 Å². The molecule has 1 fully saturated rings. The van der Waals surface area contributed by atoms with E-state index in [1.165, 1.54) is 6.07 Å². The molecule has 1 aromatic carbocycles. The summed E-state index contributed by atoms with van der Waals surface area (Å²) in [6, 6.07) is 2.29. The lowest BCUT2D eigenvalue weighted by molar-refractivity contribution is 0.0313. The van der Waals surface area contributed by atoms with Crippen LogP contribution in [0.25, 0.3) is 0 Å². The van der Waals surface area contributed by atoms with Gasteiger partial charge in [-0.3, -0.25) is 4.79 Å². The number of hydrogen-bond donors (Lipinski definition) is 1. The molecule has 1 aliphatic heterocycles. The highest BCUT2D eigenvalue weighted by atomic mass is 79.9. The Hall–Kier alpha value is -0.850. The lowest BCUT2D eigenvalue weighted by Crippen LogP contribution is -2.33. The van der Waals surface area contributed by atoms with Crippen molar-refractivity contribution in [3.8, 4) is 0 Å². The fourth-order valence-corrected chi connectivity index (χ4v) is 2.34. The number of carbonyl (C=O) groups excluding carboxylic acids is 1. The van der Waals surface area contributed by atoms with Crippen LogP contribution >= 0.6 is 15.9 Å². The lowest BCUT2D eigenvalue weighted by Gasteiger charge is -2.22. The molecule has 0 aromatic heterocycles. The van der Waals surface area contributed by atoms with Gasteiger partial charge in [-0.05, 0) is 54.0 Å². The second-order valence-corrected chi connectivity index (χ2v) is 5.26. The van der Waals surface area contributed by atoms with Gasteiger partial charge >= 0.3 is 0 Å². The van der Waals surface area contributed by atoms with Gasteiger partial charge in [0.15, 0.2) is 11.6 Å². The highest BCUT2D eigenvalue weighted by molar-refractivity contribution is 9.10. The fourth-order valence-electron chi connectivity index (χ4n) is 2.01. The molecule has 2 rings (SSSR count). The summed E-state index contributed by atoms with van der Waals surface area (Å²) in [7, 11) is 0. The Balaban J connectivity index is 2.01. The van der Waals surface area contributed by atoms with Crippen molar-refractivity contribution in [3.63, 3.8) is 0 Å². The highest BCUT2D eigenvalue weighted by Gasteiger charge is 2.21. The zero-order chi connectivity index (χ0) is 13.8. The van der Waals surface area contributed by atoms with E-state index in [1.807, 2.05) is 0 Å². The largest absolute Gasteiger partial charge is 0.370 e. The molecule has 1 heterocycles. The molecule has 1 N–H and O–H groups in total. The summed E-state index contributed by atoms with van der Waals surface area (Å²) in [5.41, 5.74) is -0.539. The van der Waals surface area contributed by atoms with Crippen molar-refractivity contribution in [2.24, 2.45) is 0 Å². The van der Waals surface area contributed by atoms with E-state index in [4.69, 9.17) is 4.74 Å². The zero-order valence-electron chi connectivity index (χ0n) is 10.2. The third kappa shape index (κ3) is 3.58. The molecule has 0 radical (unpaired) electrons. The van der Waals surface area contributed by atoms with Gasteiger partial charge < -0.3 is 10.1 Å². The quantitative estimate of drug-likeness (QED) is 0.680. The SMILES string of the molecule is O=C(COC1CCNCC1)c1c(F)ccc(Br)c1F. The van der Waals surface area contributed by atoms with Crippen molar-refractivity contribution in [2.45, 2.75) is 18.9 Å². The van der Waals surface area contributed by atoms with Gasteiger partial charge in [-0.25, -0.2) is 8.78 Å². The van der Waals surface area contributed by atoms with E-state index in [1.54, 1.807) is 0 Å². The van der Waals surface area contributed by atoms with Crippen LogP contribution in [0.15, 0.2) is 16.6 Å². The first kappa shape index (κ1) is 14.6. The molecule has 104 valence electrons. The molecule has 0 aliphatic carbocycles. The zero-order valence-corrected chi connectivity index (χ0v) is 11.8. The topological polar surface area (TPSA) is 38.3 Å². The molecule has 1 aromatic rings. The van der Waals surface area contributed by atoms with Crippen molar-refractivity contribution in [2.75, 3.05) is 19.7 Å². The Morgan fingerprint density at radius 1 is 1.37 bits per heavy atom. The van der Waals surface area contributed by atoms with Crippen LogP contribution in [0.3, 0.4) is 0 Å². The number of hydrogen-bond acceptors (Lipinski definition) is 3. The Kier molecular flexibility index (Phi) is 5.01. The molecule has 19 heavy (non-hydrogen) atoms. The van der Waals surface area contributed by atoms with Gasteiger partial charge in [0.25, 0.3) is 0 Å². The van der Waals surface area contributed by atoms with E-state index in [-0.39, 0.29) is 17.2 Å². The monoisotopic (exact) mass is 333 g/mol. The van der Waals surface area contributed by atoms with Crippen molar-refractivity contribution in [1.29, 1.82) is 0 Å². The molecule has 6 heteroatoms. The van der Waals surface area contributed by atoms with Gasteiger partial charge in [-0.2, -0.15) is 0 Å². The molecule has 1 saturated heterocycles. The molecule has 0 bridgehead atoms. The summed E-state index contributed by atoms with van der Waals surface area (Å²) < 4.78 is 32.7. The van der Waals surface area contributed by atoms with Gasteiger partial charge in [-0.1, -0.05) is 0 Å². The minimum absolute atomic E-state index is 0.0246. The first-order valence-corrected chi connectivity index (χ1v) is 6.88. The number of nitrogens with one attached hydrogen (secondary N) is 1. The normalized spacial score (nSPS) is 16.6. The van der Waals surface area contributed by atoms with Crippen LogP contribution < -0.4 is 5.32 Å². The lowest BCUT2D eigenvalue weighted by atomic mass is 10.1. The second-order valence-electron chi connectivity index (χ2n) is 4.40. The molecule has 3 nitrogen and oxygen atoms in total. The van der Waals surface area contributed by atoms with Crippen molar-refractivity contribution in [1.82, 2.24) is 5.32 Å². The number of ketones is 1. The first-order chi connectivity index (χ1) is 9.09. The molecule has 0 unspecified atom stereocenters. The van der Waals surface area contributed by atoms with E-state index in [9.17, 15) is 13.6 Å².